The number of rotatable bonds is 7. The summed E-state index contributed by atoms with van der Waals surface area (Å²) in [4.78, 5) is 2.45. The van der Waals surface area contributed by atoms with E-state index in [1.54, 1.807) is 0 Å². The SMILES string of the molecule is C=C/C=C(\C=C/C)N1c2ccccc2-c2c(n(-c3cccc(-c4ccc5c(c4)c(/C=C\C)c(CC)c4ccccc45)c3)c3c2ccc2ccccc23)-c2ccc3ccccc3c21. The quantitative estimate of drug-likeness (QED) is 0.115. The van der Waals surface area contributed by atoms with Crippen LogP contribution in [0.15, 0.2) is 206 Å². The standard InChI is InChI=1S/C60H46N2/c1-5-18-43(19-6-2)61-56-30-16-15-29-52(56)57-53-35-31-39-21-9-11-25-46(39)58(53)62(60(57)54-36-32-40-22-10-12-26-47(40)59(54)61)44-24-17-23-41(37-44)42-33-34-51-50-28-14-13-27-49(50)45(8-4)48(20-7-3)55(51)38-42/h5-7,9-38H,1,8H2,2-4H3/b19-6-,20-7-,43-18+. The van der Waals surface area contributed by atoms with E-state index in [0.29, 0.717) is 0 Å². The molecule has 0 bridgehead atoms. The Balaban J connectivity index is 1.26. The van der Waals surface area contributed by atoms with Gasteiger partial charge < -0.3 is 9.47 Å². The number of fused-ring (bicyclic) bond motifs is 14. The molecule has 0 radical (unpaired) electrons. The Morgan fingerprint density at radius 2 is 1.24 bits per heavy atom. The van der Waals surface area contributed by atoms with Gasteiger partial charge in [0.05, 0.1) is 22.6 Å². The Morgan fingerprint density at radius 1 is 0.565 bits per heavy atom. The molecule has 10 aromatic rings. The van der Waals surface area contributed by atoms with Crippen LogP contribution in [0, 0.1) is 0 Å². The van der Waals surface area contributed by atoms with Gasteiger partial charge in [-0.15, -0.1) is 0 Å². The lowest BCUT2D eigenvalue weighted by Crippen LogP contribution is -2.16. The number of para-hydroxylation sites is 1. The molecule has 1 aromatic heterocycles. The molecule has 296 valence electrons. The molecule has 2 heterocycles. The third kappa shape index (κ3) is 5.64. The molecule has 62 heavy (non-hydrogen) atoms. The van der Waals surface area contributed by atoms with Crippen LogP contribution in [0.1, 0.15) is 31.9 Å². The van der Waals surface area contributed by atoms with E-state index in [1.807, 2.05) is 6.08 Å². The van der Waals surface area contributed by atoms with Crippen molar-refractivity contribution < 1.29 is 0 Å². The Morgan fingerprint density at radius 3 is 2.03 bits per heavy atom. The molecular formula is C60H46N2. The molecule has 0 N–H and O–H groups in total. The first-order chi connectivity index (χ1) is 30.6. The number of allylic oxidation sites excluding steroid dienone is 5. The monoisotopic (exact) mass is 794 g/mol. The number of hydrogen-bond acceptors (Lipinski definition) is 1. The molecular weight excluding hydrogens is 749 g/mol. The molecule has 11 rings (SSSR count). The van der Waals surface area contributed by atoms with E-state index in [-0.39, 0.29) is 0 Å². The first-order valence-electron chi connectivity index (χ1n) is 21.8. The fourth-order valence-corrected chi connectivity index (χ4v) is 10.3. The maximum absolute atomic E-state index is 4.17. The van der Waals surface area contributed by atoms with E-state index in [2.05, 4.69) is 231 Å². The lowest BCUT2D eigenvalue weighted by molar-refractivity contribution is 1.14. The molecule has 1 aliphatic rings. The molecule has 1 aliphatic heterocycles. The normalized spacial score (nSPS) is 12.8. The summed E-state index contributed by atoms with van der Waals surface area (Å²) >= 11 is 0. The summed E-state index contributed by atoms with van der Waals surface area (Å²) in [6.07, 6.45) is 13.8. The van der Waals surface area contributed by atoms with Crippen molar-refractivity contribution in [1.29, 1.82) is 0 Å². The second-order valence-electron chi connectivity index (χ2n) is 16.2. The first kappa shape index (κ1) is 37.3. The van der Waals surface area contributed by atoms with Gasteiger partial charge in [-0.25, -0.2) is 0 Å². The minimum atomic E-state index is 0.965. The van der Waals surface area contributed by atoms with E-state index < -0.39 is 0 Å². The van der Waals surface area contributed by atoms with Crippen molar-refractivity contribution in [3.05, 3.63) is 218 Å². The highest BCUT2D eigenvalue weighted by Gasteiger charge is 2.33. The van der Waals surface area contributed by atoms with Gasteiger partial charge in [0.25, 0.3) is 0 Å². The topological polar surface area (TPSA) is 8.17 Å². The molecule has 0 aliphatic carbocycles. The Kier molecular flexibility index (Phi) is 9.09. The van der Waals surface area contributed by atoms with Gasteiger partial charge in [-0.2, -0.15) is 0 Å². The van der Waals surface area contributed by atoms with E-state index >= 15 is 0 Å². The zero-order valence-electron chi connectivity index (χ0n) is 35.4. The van der Waals surface area contributed by atoms with Crippen LogP contribution in [0.5, 0.6) is 0 Å². The van der Waals surface area contributed by atoms with Gasteiger partial charge >= 0.3 is 0 Å². The van der Waals surface area contributed by atoms with Crippen molar-refractivity contribution in [2.75, 3.05) is 4.90 Å². The predicted molar refractivity (Wildman–Crippen MR) is 269 cm³/mol. The molecule has 9 aromatic carbocycles. The number of aromatic nitrogens is 1. The Bertz CT molecular complexity index is 3550. The molecule has 0 fully saturated rings. The average Bonchev–Trinajstić information content (AvgIpc) is 3.61. The highest BCUT2D eigenvalue weighted by Crippen LogP contribution is 2.56. The summed E-state index contributed by atoms with van der Waals surface area (Å²) in [5.41, 5.74) is 15.5. The minimum absolute atomic E-state index is 0.965. The Labute approximate surface area is 363 Å². The Hall–Kier alpha value is -7.68. The lowest BCUT2D eigenvalue weighted by atomic mass is 9.88. The van der Waals surface area contributed by atoms with E-state index in [9.17, 15) is 0 Å². The summed E-state index contributed by atoms with van der Waals surface area (Å²) in [5.74, 6) is 0. The molecule has 0 unspecified atom stereocenters. The molecule has 2 nitrogen and oxygen atoms in total. The summed E-state index contributed by atoms with van der Waals surface area (Å²) in [5, 5.41) is 11.3. The van der Waals surface area contributed by atoms with Gasteiger partial charge in [0.15, 0.2) is 0 Å². The second-order valence-corrected chi connectivity index (χ2v) is 16.2. The van der Waals surface area contributed by atoms with E-state index in [4.69, 9.17) is 0 Å². The highest BCUT2D eigenvalue weighted by molar-refractivity contribution is 6.21. The number of benzene rings is 9. The van der Waals surface area contributed by atoms with Gasteiger partial charge in [-0.1, -0.05) is 177 Å². The number of nitrogens with zero attached hydrogens (tertiary/aromatic N) is 2. The summed E-state index contributed by atoms with van der Waals surface area (Å²) in [6.45, 7) is 10.7. The van der Waals surface area contributed by atoms with Crippen molar-refractivity contribution in [1.82, 2.24) is 4.57 Å². The average molecular weight is 795 g/mol. The van der Waals surface area contributed by atoms with E-state index in [0.717, 1.165) is 29.2 Å². The van der Waals surface area contributed by atoms with Crippen LogP contribution in [0.2, 0.25) is 0 Å². The number of hydrogen-bond donors (Lipinski definition) is 0. The van der Waals surface area contributed by atoms with E-state index in [1.165, 1.54) is 98.6 Å². The molecule has 0 amide bonds. The second kappa shape index (κ2) is 15.1. The smallest absolute Gasteiger partial charge is 0.0641 e. The zero-order chi connectivity index (χ0) is 41.9. The number of aryl methyl sites for hydroxylation is 1. The van der Waals surface area contributed by atoms with Gasteiger partial charge in [-0.05, 0) is 111 Å². The molecule has 0 atom stereocenters. The van der Waals surface area contributed by atoms with Crippen LogP contribution in [-0.4, -0.2) is 4.57 Å². The third-order valence-corrected chi connectivity index (χ3v) is 12.8. The molecule has 0 spiro atoms. The maximum Gasteiger partial charge on any atom is 0.0641 e. The number of anilines is 2. The lowest BCUT2D eigenvalue weighted by Gasteiger charge is -2.29. The van der Waals surface area contributed by atoms with Crippen LogP contribution in [0.25, 0.3) is 99.3 Å². The van der Waals surface area contributed by atoms with Crippen molar-refractivity contribution >= 4 is 71.4 Å². The largest absolute Gasteiger partial charge is 0.309 e. The summed E-state index contributed by atoms with van der Waals surface area (Å²) < 4.78 is 2.56. The zero-order valence-corrected chi connectivity index (χ0v) is 35.4. The maximum atomic E-state index is 4.17. The van der Waals surface area contributed by atoms with Crippen molar-refractivity contribution in [3.8, 4) is 39.2 Å². The van der Waals surface area contributed by atoms with Gasteiger partial charge in [0, 0.05) is 44.2 Å². The first-order valence-corrected chi connectivity index (χ1v) is 21.8. The van der Waals surface area contributed by atoms with Crippen LogP contribution in [0.3, 0.4) is 0 Å². The van der Waals surface area contributed by atoms with Crippen LogP contribution in [-0.2, 0) is 6.42 Å². The highest BCUT2D eigenvalue weighted by atomic mass is 15.2. The van der Waals surface area contributed by atoms with Gasteiger partial charge in [-0.3, -0.25) is 0 Å². The molecule has 0 saturated carbocycles. The van der Waals surface area contributed by atoms with Crippen LogP contribution in [0.4, 0.5) is 11.4 Å². The van der Waals surface area contributed by atoms with Crippen molar-refractivity contribution in [3.63, 3.8) is 0 Å². The third-order valence-electron chi connectivity index (χ3n) is 12.8. The minimum Gasteiger partial charge on any atom is -0.309 e. The van der Waals surface area contributed by atoms with Crippen molar-refractivity contribution in [2.45, 2.75) is 27.2 Å². The molecule has 0 saturated heterocycles. The fourth-order valence-electron chi connectivity index (χ4n) is 10.3. The van der Waals surface area contributed by atoms with Gasteiger partial charge in [0.2, 0.25) is 0 Å². The van der Waals surface area contributed by atoms with Crippen LogP contribution < -0.4 is 4.90 Å². The summed E-state index contributed by atoms with van der Waals surface area (Å²) in [6, 6.07) is 61.0. The summed E-state index contributed by atoms with van der Waals surface area (Å²) in [7, 11) is 0. The predicted octanol–water partition coefficient (Wildman–Crippen LogP) is 16.9. The van der Waals surface area contributed by atoms with Crippen molar-refractivity contribution in [2.24, 2.45) is 0 Å². The molecule has 2 heteroatoms. The van der Waals surface area contributed by atoms with Gasteiger partial charge in [0.1, 0.15) is 0 Å². The fraction of sp³-hybridized carbons (Fsp3) is 0.0667. The van der Waals surface area contributed by atoms with Crippen LogP contribution >= 0.6 is 0 Å².